The van der Waals surface area contributed by atoms with Gasteiger partial charge in [0, 0.05) is 33.7 Å². The molecule has 0 radical (unpaired) electrons. The molecule has 0 spiro atoms. The number of aliphatic hydroxyl groups excluding tert-OH is 1. The van der Waals surface area contributed by atoms with Crippen LogP contribution < -0.4 is 10.4 Å². The number of hydrogen-bond donors (Lipinski definition) is 2. The predicted molar refractivity (Wildman–Crippen MR) is 275 cm³/mol. The van der Waals surface area contributed by atoms with Crippen LogP contribution in [0.5, 0.6) is 0 Å². The number of aliphatic imine (C=N–C) groups is 3. The Morgan fingerprint density at radius 1 is 0.500 bits per heavy atom. The summed E-state index contributed by atoms with van der Waals surface area (Å²) in [7, 11) is 2.86. The quantitative estimate of drug-likeness (QED) is 0.0730. The predicted octanol–water partition coefficient (Wildman–Crippen LogP) is 13.6. The molecule has 2 aromatic carbocycles. The fraction of sp³-hybridized carbons (Fsp3) is 0.414. The minimum absolute atomic E-state index is 0.138. The Labute approximate surface area is 392 Å². The summed E-state index contributed by atoms with van der Waals surface area (Å²) in [5.74, 6) is -0.523. The van der Waals surface area contributed by atoms with Crippen molar-refractivity contribution in [3.63, 3.8) is 0 Å². The van der Waals surface area contributed by atoms with Gasteiger partial charge >= 0.3 is 5.97 Å². The molecule has 0 atom stereocenters. The summed E-state index contributed by atoms with van der Waals surface area (Å²) >= 11 is 0. The first-order valence-electron chi connectivity index (χ1n) is 24.9. The van der Waals surface area contributed by atoms with Crippen molar-refractivity contribution in [2.75, 3.05) is 14.2 Å². The number of aromatic nitrogens is 1. The van der Waals surface area contributed by atoms with Crippen molar-refractivity contribution in [1.82, 2.24) is 4.98 Å². The lowest BCUT2D eigenvalue weighted by Gasteiger charge is -2.12. The van der Waals surface area contributed by atoms with E-state index in [0.717, 1.165) is 93.2 Å². The third-order valence-electron chi connectivity index (χ3n) is 13.2. The van der Waals surface area contributed by atoms with E-state index in [-0.39, 0.29) is 11.9 Å². The van der Waals surface area contributed by atoms with Crippen LogP contribution in [0.25, 0.3) is 28.2 Å². The summed E-state index contributed by atoms with van der Waals surface area (Å²) in [6, 6.07) is 19.7. The molecule has 66 heavy (non-hydrogen) atoms. The minimum atomic E-state index is -0.384. The van der Waals surface area contributed by atoms with E-state index in [1.165, 1.54) is 128 Å². The fourth-order valence-electron chi connectivity index (χ4n) is 9.40. The van der Waals surface area contributed by atoms with Gasteiger partial charge in [0.05, 0.1) is 59.2 Å². The van der Waals surface area contributed by atoms with E-state index in [2.05, 4.69) is 67.4 Å². The number of methoxy groups -OCH3 is 2. The van der Waals surface area contributed by atoms with Gasteiger partial charge < -0.3 is 19.6 Å². The molecule has 4 aliphatic heterocycles. The zero-order chi connectivity index (χ0) is 46.1. The van der Waals surface area contributed by atoms with Crippen LogP contribution in [0.3, 0.4) is 0 Å². The van der Waals surface area contributed by atoms with Crippen molar-refractivity contribution in [2.45, 2.75) is 142 Å². The van der Waals surface area contributed by atoms with Crippen molar-refractivity contribution in [2.24, 2.45) is 15.0 Å². The van der Waals surface area contributed by atoms with Gasteiger partial charge in [0.1, 0.15) is 0 Å². The van der Waals surface area contributed by atoms with Crippen LogP contribution in [0.1, 0.15) is 170 Å². The molecule has 0 fully saturated rings. The Hall–Kier alpha value is -6.02. The maximum atomic E-state index is 12.5. The zero-order valence-electron chi connectivity index (χ0n) is 39.9. The highest BCUT2D eigenvalue weighted by atomic mass is 16.6. The molecule has 4 aliphatic rings. The molecule has 5 heterocycles. The van der Waals surface area contributed by atoms with E-state index >= 15 is 0 Å². The highest BCUT2D eigenvalue weighted by molar-refractivity contribution is 6.51. The molecule has 3 aromatic rings. The van der Waals surface area contributed by atoms with Crippen molar-refractivity contribution in [3.8, 4) is 0 Å². The minimum Gasteiger partial charge on any atom is -0.481 e. The van der Waals surface area contributed by atoms with Gasteiger partial charge in [-0.25, -0.2) is 19.8 Å². The average molecular weight is 887 g/mol. The van der Waals surface area contributed by atoms with Crippen LogP contribution in [0.4, 0.5) is 0 Å². The maximum absolute atomic E-state index is 12.5. The monoisotopic (exact) mass is 887 g/mol. The lowest BCUT2D eigenvalue weighted by atomic mass is 9.97. The molecule has 2 N–H and O–H groups in total. The van der Waals surface area contributed by atoms with E-state index in [0.29, 0.717) is 10.8 Å². The Morgan fingerprint density at radius 3 is 1.41 bits per heavy atom. The van der Waals surface area contributed by atoms with Gasteiger partial charge in [-0.15, -0.1) is 0 Å². The van der Waals surface area contributed by atoms with E-state index < -0.39 is 0 Å². The van der Waals surface area contributed by atoms with Crippen molar-refractivity contribution >= 4 is 51.3 Å². The van der Waals surface area contributed by atoms with Crippen LogP contribution in [-0.2, 0) is 9.47 Å². The Kier molecular flexibility index (Phi) is 17.8. The Balaban J connectivity index is 1.33. The fourth-order valence-corrected chi connectivity index (χ4v) is 9.40. The Morgan fingerprint density at radius 2 is 0.939 bits per heavy atom. The summed E-state index contributed by atoms with van der Waals surface area (Å²) in [5.41, 5.74) is 12.8. The van der Waals surface area contributed by atoms with Gasteiger partial charge in [0.15, 0.2) is 0 Å². The number of nitrogens with one attached hydrogen (secondary N) is 1. The number of esters is 1. The number of ether oxygens (including phenoxy) is 2. The number of H-pyrrole nitrogens is 1. The number of fused-ring (bicyclic) bond motifs is 5. The summed E-state index contributed by atoms with van der Waals surface area (Å²) < 4.78 is 10.2. The van der Waals surface area contributed by atoms with Crippen molar-refractivity contribution in [3.05, 3.63) is 147 Å². The number of aliphatic hydroxyl groups is 1. The zero-order valence-corrected chi connectivity index (χ0v) is 39.9. The van der Waals surface area contributed by atoms with Crippen LogP contribution in [0.15, 0.2) is 129 Å². The number of benzene rings is 2. The molecule has 0 saturated heterocycles. The molecule has 8 nitrogen and oxygen atoms in total. The molecule has 8 heteroatoms. The highest BCUT2D eigenvalue weighted by Gasteiger charge is 2.26. The number of rotatable bonds is 23. The first kappa shape index (κ1) is 47.9. The molecule has 7 rings (SSSR count). The van der Waals surface area contributed by atoms with E-state index in [1.807, 2.05) is 36.4 Å². The maximum Gasteiger partial charge on any atom is 0.337 e. The molecular formula is C58H70N4O4. The third kappa shape index (κ3) is 12.2. The van der Waals surface area contributed by atoms with Crippen molar-refractivity contribution < 1.29 is 19.4 Å². The van der Waals surface area contributed by atoms with Gasteiger partial charge in [0.2, 0.25) is 0 Å². The van der Waals surface area contributed by atoms with E-state index in [9.17, 15) is 9.90 Å². The lowest BCUT2D eigenvalue weighted by molar-refractivity contribution is 0.0600. The molecule has 1 aromatic heterocycles. The average Bonchev–Trinajstić information content (AvgIpc) is 4.20. The van der Waals surface area contributed by atoms with E-state index in [4.69, 9.17) is 24.5 Å². The number of carbonyl (C=O) groups excluding carboxylic acids is 1. The summed E-state index contributed by atoms with van der Waals surface area (Å²) in [5, 5.41) is 11.9. The molecule has 0 aliphatic carbocycles. The van der Waals surface area contributed by atoms with Gasteiger partial charge in [-0.3, -0.25) is 0 Å². The number of unbranched alkanes of at least 4 members (excludes halogenated alkanes) is 16. The Bertz CT molecular complexity index is 2580. The highest BCUT2D eigenvalue weighted by Crippen LogP contribution is 2.37. The third-order valence-corrected chi connectivity index (χ3v) is 13.2. The van der Waals surface area contributed by atoms with Crippen LogP contribution in [0.2, 0.25) is 0 Å². The van der Waals surface area contributed by atoms with Gasteiger partial charge in [-0.2, -0.15) is 0 Å². The summed E-state index contributed by atoms with van der Waals surface area (Å²) in [4.78, 5) is 32.7. The van der Waals surface area contributed by atoms with Gasteiger partial charge in [0.25, 0.3) is 5.95 Å². The molecule has 8 bridgehead atoms. The SMILES string of the molecule is CCCCCCCCCCCC1=C2C=CC(=N2)C(c2ccc(C(=O)OC)cc2)=C2C=CC(=N2)C(=c2ccc(=C(O)OC)cc2)C2=NC(=C(CCCCCCCCCCC)c3ccc1[nH]3)C=C2. The van der Waals surface area contributed by atoms with Crippen LogP contribution >= 0.6 is 0 Å². The normalized spacial score (nSPS) is 15.3. The largest absolute Gasteiger partial charge is 0.481 e. The van der Waals surface area contributed by atoms with Crippen molar-refractivity contribution in [1.29, 1.82) is 0 Å². The van der Waals surface area contributed by atoms with Crippen LogP contribution in [-0.4, -0.2) is 47.4 Å². The molecular weight excluding hydrogens is 817 g/mol. The standard InChI is InChI=1S/C58H70N4O4/c1-5-7-9-11-13-15-17-19-21-23-45-47-33-34-48(59-47)46(24-22-20-18-16-14-12-10-8-6-2)50-36-38-52(61-50)56(42-27-31-44(32-28-42)58(64)66-4)54-40-39-53(62-54)55(51-37-35-49(45)60-51)41-25-29-43(30-26-41)57(63)65-3/h25-40,59,63H,5-24H2,1-4H3. The van der Waals surface area contributed by atoms with Gasteiger partial charge in [-0.05, 0) is 109 Å². The molecule has 0 saturated carbocycles. The first-order chi connectivity index (χ1) is 32.4. The number of nitrogens with zero attached hydrogens (tertiary/aromatic N) is 3. The number of carbonyl (C=O) groups is 1. The summed E-state index contributed by atoms with van der Waals surface area (Å²) in [6.45, 7) is 4.55. The van der Waals surface area contributed by atoms with Crippen LogP contribution in [0, 0.1) is 0 Å². The second-order valence-electron chi connectivity index (χ2n) is 18.0. The number of allylic oxidation sites excluding steroid dienone is 9. The topological polar surface area (TPSA) is 109 Å². The molecule has 0 unspecified atom stereocenters. The first-order valence-corrected chi connectivity index (χ1v) is 24.9. The second kappa shape index (κ2) is 24.5. The number of hydrogen-bond acceptors (Lipinski definition) is 7. The van der Waals surface area contributed by atoms with E-state index in [1.54, 1.807) is 12.1 Å². The summed E-state index contributed by atoms with van der Waals surface area (Å²) in [6.07, 6.45) is 37.4. The van der Waals surface area contributed by atoms with Gasteiger partial charge in [-0.1, -0.05) is 141 Å². The molecule has 346 valence electrons. The number of aromatic amines is 1. The second-order valence-corrected chi connectivity index (χ2v) is 18.0. The molecule has 0 amide bonds. The smallest absolute Gasteiger partial charge is 0.337 e. The lowest BCUT2D eigenvalue weighted by Crippen LogP contribution is -2.20.